The van der Waals surface area contributed by atoms with Crippen LogP contribution in [-0.4, -0.2) is 12.1 Å². The Balaban J connectivity index is 2.83. The average Bonchev–Trinajstić information content (AvgIpc) is 2.57. The predicted molar refractivity (Wildman–Crippen MR) is 55.9 cm³/mol. The van der Waals surface area contributed by atoms with E-state index in [1.807, 2.05) is 0 Å². The SMILES string of the molecule is COc1csc2nc(C)cc(C(F)(F)F)c12. The summed E-state index contributed by atoms with van der Waals surface area (Å²) in [4.78, 5) is 4.41. The lowest BCUT2D eigenvalue weighted by molar-refractivity contribution is -0.136. The summed E-state index contributed by atoms with van der Waals surface area (Å²) in [5.41, 5.74) is -0.336. The Labute approximate surface area is 93.7 Å². The van der Waals surface area contributed by atoms with Gasteiger partial charge in [-0.05, 0) is 13.0 Å². The molecule has 2 aromatic rings. The van der Waals surface area contributed by atoms with Gasteiger partial charge in [0.2, 0.25) is 0 Å². The molecule has 0 bridgehead atoms. The molecule has 2 nitrogen and oxygen atoms in total. The summed E-state index contributed by atoms with van der Waals surface area (Å²) in [6, 6.07) is 1.04. The van der Waals surface area contributed by atoms with Gasteiger partial charge in [-0.25, -0.2) is 4.98 Å². The zero-order chi connectivity index (χ0) is 11.9. The lowest BCUT2D eigenvalue weighted by Crippen LogP contribution is -2.07. The van der Waals surface area contributed by atoms with E-state index in [0.717, 1.165) is 17.4 Å². The molecular weight excluding hydrogens is 239 g/mol. The smallest absolute Gasteiger partial charge is 0.417 e. The van der Waals surface area contributed by atoms with Crippen LogP contribution in [0.1, 0.15) is 11.3 Å². The van der Waals surface area contributed by atoms with Crippen LogP contribution in [-0.2, 0) is 6.18 Å². The maximum atomic E-state index is 12.8. The Morgan fingerprint density at radius 1 is 1.38 bits per heavy atom. The van der Waals surface area contributed by atoms with E-state index in [0.29, 0.717) is 10.5 Å². The van der Waals surface area contributed by atoms with E-state index in [4.69, 9.17) is 4.74 Å². The van der Waals surface area contributed by atoms with Gasteiger partial charge in [0.15, 0.2) is 0 Å². The first-order chi connectivity index (χ1) is 7.43. The minimum Gasteiger partial charge on any atom is -0.495 e. The fourth-order valence-corrected chi connectivity index (χ4v) is 2.47. The number of nitrogens with zero attached hydrogens (tertiary/aromatic N) is 1. The van der Waals surface area contributed by atoms with Crippen LogP contribution in [0.25, 0.3) is 10.2 Å². The molecule has 0 fully saturated rings. The standard InChI is InChI=1S/C10H8F3NOS/c1-5-3-6(10(11,12)13)8-7(15-2)4-16-9(8)14-5/h3-4H,1-2H3. The van der Waals surface area contributed by atoms with Crippen molar-refractivity contribution in [2.75, 3.05) is 7.11 Å². The van der Waals surface area contributed by atoms with Crippen molar-refractivity contribution < 1.29 is 17.9 Å². The van der Waals surface area contributed by atoms with Gasteiger partial charge in [-0.3, -0.25) is 0 Å². The fraction of sp³-hybridized carbons (Fsp3) is 0.300. The van der Waals surface area contributed by atoms with E-state index in [1.165, 1.54) is 12.5 Å². The molecular formula is C10H8F3NOS. The highest BCUT2D eigenvalue weighted by Crippen LogP contribution is 2.41. The molecule has 6 heteroatoms. The van der Waals surface area contributed by atoms with Gasteiger partial charge < -0.3 is 4.74 Å². The van der Waals surface area contributed by atoms with Crippen LogP contribution in [0.15, 0.2) is 11.4 Å². The van der Waals surface area contributed by atoms with E-state index in [1.54, 1.807) is 6.92 Å². The number of thiophene rings is 1. The maximum Gasteiger partial charge on any atom is 0.417 e. The zero-order valence-corrected chi connectivity index (χ0v) is 9.37. The monoisotopic (exact) mass is 247 g/mol. The summed E-state index contributed by atoms with van der Waals surface area (Å²) in [6.07, 6.45) is -4.39. The van der Waals surface area contributed by atoms with E-state index >= 15 is 0 Å². The molecule has 2 rings (SSSR count). The first-order valence-electron chi connectivity index (χ1n) is 4.43. The highest BCUT2D eigenvalue weighted by atomic mass is 32.1. The first-order valence-corrected chi connectivity index (χ1v) is 5.31. The normalized spacial score (nSPS) is 12.1. The van der Waals surface area contributed by atoms with Crippen LogP contribution in [0.5, 0.6) is 5.75 Å². The molecule has 0 aliphatic rings. The number of aromatic nitrogens is 1. The van der Waals surface area contributed by atoms with Crippen molar-refractivity contribution in [2.24, 2.45) is 0 Å². The minimum atomic E-state index is -4.39. The summed E-state index contributed by atoms with van der Waals surface area (Å²) in [5, 5.41) is 1.58. The van der Waals surface area contributed by atoms with Crippen molar-refractivity contribution in [3.63, 3.8) is 0 Å². The van der Waals surface area contributed by atoms with E-state index in [2.05, 4.69) is 4.98 Å². The molecule has 0 unspecified atom stereocenters. The van der Waals surface area contributed by atoms with Crippen molar-refractivity contribution in [2.45, 2.75) is 13.1 Å². The van der Waals surface area contributed by atoms with Gasteiger partial charge in [-0.15, -0.1) is 11.3 Å². The van der Waals surface area contributed by atoms with Crippen LogP contribution < -0.4 is 4.74 Å². The number of fused-ring (bicyclic) bond motifs is 1. The molecule has 2 heterocycles. The molecule has 0 aromatic carbocycles. The molecule has 0 aliphatic heterocycles. The third kappa shape index (κ3) is 1.73. The van der Waals surface area contributed by atoms with Crippen molar-refractivity contribution in [1.82, 2.24) is 4.98 Å². The van der Waals surface area contributed by atoms with Gasteiger partial charge in [0.1, 0.15) is 10.6 Å². The van der Waals surface area contributed by atoms with Gasteiger partial charge in [-0.1, -0.05) is 0 Å². The number of alkyl halides is 3. The minimum absolute atomic E-state index is 0.0469. The highest BCUT2D eigenvalue weighted by Gasteiger charge is 2.34. The van der Waals surface area contributed by atoms with E-state index in [-0.39, 0.29) is 11.1 Å². The lowest BCUT2D eigenvalue weighted by Gasteiger charge is -2.10. The van der Waals surface area contributed by atoms with Crippen molar-refractivity contribution in [3.8, 4) is 5.75 Å². The molecule has 0 aliphatic carbocycles. The number of halogens is 3. The van der Waals surface area contributed by atoms with Gasteiger partial charge in [-0.2, -0.15) is 13.2 Å². The second-order valence-corrected chi connectivity index (χ2v) is 4.15. The Hall–Kier alpha value is -1.30. The number of aryl methyl sites for hydroxylation is 1. The van der Waals surface area contributed by atoms with Crippen LogP contribution in [0.2, 0.25) is 0 Å². The second kappa shape index (κ2) is 3.62. The molecule has 16 heavy (non-hydrogen) atoms. The third-order valence-corrected chi connectivity index (χ3v) is 3.01. The van der Waals surface area contributed by atoms with Crippen LogP contribution >= 0.6 is 11.3 Å². The molecule has 2 aromatic heterocycles. The van der Waals surface area contributed by atoms with E-state index in [9.17, 15) is 13.2 Å². The van der Waals surface area contributed by atoms with Gasteiger partial charge in [0.05, 0.1) is 18.1 Å². The van der Waals surface area contributed by atoms with Crippen molar-refractivity contribution in [3.05, 3.63) is 22.7 Å². The average molecular weight is 247 g/mol. The van der Waals surface area contributed by atoms with Crippen LogP contribution in [0.3, 0.4) is 0 Å². The van der Waals surface area contributed by atoms with Gasteiger partial charge >= 0.3 is 6.18 Å². The summed E-state index contributed by atoms with van der Waals surface area (Å²) in [5.74, 6) is 0.222. The number of ether oxygens (including phenoxy) is 1. The van der Waals surface area contributed by atoms with Crippen molar-refractivity contribution in [1.29, 1.82) is 0 Å². The number of hydrogen-bond donors (Lipinski definition) is 0. The molecule has 0 amide bonds. The molecule has 0 N–H and O–H groups in total. The molecule has 0 saturated heterocycles. The van der Waals surface area contributed by atoms with Crippen LogP contribution in [0.4, 0.5) is 13.2 Å². The third-order valence-electron chi connectivity index (χ3n) is 2.16. The number of methoxy groups -OCH3 is 1. The zero-order valence-electron chi connectivity index (χ0n) is 8.55. The Morgan fingerprint density at radius 2 is 2.06 bits per heavy atom. The van der Waals surface area contributed by atoms with Crippen molar-refractivity contribution >= 4 is 21.6 Å². The van der Waals surface area contributed by atoms with E-state index < -0.39 is 11.7 Å². The van der Waals surface area contributed by atoms with Gasteiger partial charge in [0.25, 0.3) is 0 Å². The topological polar surface area (TPSA) is 22.1 Å². The Bertz CT molecular complexity index is 533. The number of hydrogen-bond acceptors (Lipinski definition) is 3. The number of rotatable bonds is 1. The predicted octanol–water partition coefficient (Wildman–Crippen LogP) is 3.63. The largest absolute Gasteiger partial charge is 0.495 e. The Kier molecular flexibility index (Phi) is 2.53. The number of pyridine rings is 1. The molecule has 0 radical (unpaired) electrons. The lowest BCUT2D eigenvalue weighted by atomic mass is 10.1. The molecule has 0 saturated carbocycles. The second-order valence-electron chi connectivity index (χ2n) is 3.29. The molecule has 0 spiro atoms. The molecule has 0 atom stereocenters. The summed E-state index contributed by atoms with van der Waals surface area (Å²) in [6.45, 7) is 1.54. The summed E-state index contributed by atoms with van der Waals surface area (Å²) in [7, 11) is 1.35. The maximum absolute atomic E-state index is 12.8. The Morgan fingerprint density at radius 3 is 2.62 bits per heavy atom. The fourth-order valence-electron chi connectivity index (χ4n) is 1.51. The quantitative estimate of drug-likeness (QED) is 0.767. The molecule has 86 valence electrons. The van der Waals surface area contributed by atoms with Gasteiger partial charge in [0, 0.05) is 11.1 Å². The van der Waals surface area contributed by atoms with Crippen LogP contribution in [0, 0.1) is 6.92 Å². The summed E-state index contributed by atoms with van der Waals surface area (Å²) < 4.78 is 43.4. The summed E-state index contributed by atoms with van der Waals surface area (Å²) >= 11 is 1.15. The highest BCUT2D eigenvalue weighted by molar-refractivity contribution is 7.17. The first kappa shape index (κ1) is 11.2.